The number of benzene rings is 3. The Morgan fingerprint density at radius 3 is 2.29 bits per heavy atom. The van der Waals surface area contributed by atoms with Crippen molar-refractivity contribution in [3.63, 3.8) is 0 Å². The fraction of sp³-hybridized carbons (Fsp3) is 0.276. The van der Waals surface area contributed by atoms with Crippen LogP contribution >= 0.6 is 23.2 Å². The summed E-state index contributed by atoms with van der Waals surface area (Å²) in [5.41, 5.74) is -3.16. The number of nitrogens with one attached hydrogen (secondary N) is 2. The van der Waals surface area contributed by atoms with Gasteiger partial charge in [-0.2, -0.15) is 14.1 Å². The number of aromatic nitrogens is 3. The molecule has 49 heavy (non-hydrogen) atoms. The summed E-state index contributed by atoms with van der Waals surface area (Å²) in [5.74, 6) is 0.336. The first-order valence-corrected chi connectivity index (χ1v) is 18.2. The van der Waals surface area contributed by atoms with Crippen LogP contribution in [0.4, 0.5) is 8.78 Å². The third-order valence-corrected chi connectivity index (χ3v) is 10.3. The minimum atomic E-state index is -4.30. The summed E-state index contributed by atoms with van der Waals surface area (Å²) in [7, 11) is -6.38. The molecule has 1 aromatic heterocycles. The highest BCUT2D eigenvalue weighted by molar-refractivity contribution is 7.89. The second-order valence-electron chi connectivity index (χ2n) is 10.7. The molecule has 1 fully saturated rings. The molecule has 4 aromatic rings. The molecule has 0 aliphatic carbocycles. The van der Waals surface area contributed by atoms with E-state index in [9.17, 15) is 35.2 Å². The van der Waals surface area contributed by atoms with Crippen molar-refractivity contribution in [1.82, 2.24) is 23.8 Å². The summed E-state index contributed by atoms with van der Waals surface area (Å²) < 4.78 is 98.9. The molecule has 1 aliphatic rings. The molecule has 0 unspecified atom stereocenters. The highest BCUT2D eigenvalue weighted by Crippen LogP contribution is 2.40. The lowest BCUT2D eigenvalue weighted by molar-refractivity contribution is 0.141. The molecule has 1 aliphatic heterocycles. The number of ether oxygens (including phenoxy) is 3. The van der Waals surface area contributed by atoms with Crippen LogP contribution in [0.25, 0.3) is 5.69 Å². The first kappa shape index (κ1) is 36.2. The molecule has 0 spiro atoms. The molecule has 1 atom stereocenters. The Morgan fingerprint density at radius 1 is 1.02 bits per heavy atom. The van der Waals surface area contributed by atoms with Crippen molar-refractivity contribution in [2.75, 3.05) is 26.5 Å². The van der Waals surface area contributed by atoms with Crippen LogP contribution in [0.5, 0.6) is 23.0 Å². The smallest absolute Gasteiger partial charge is 0.349 e. The monoisotopic (exact) mass is 761 g/mol. The maximum absolute atomic E-state index is 14.0. The second kappa shape index (κ2) is 14.4. The van der Waals surface area contributed by atoms with Crippen molar-refractivity contribution >= 4 is 43.2 Å². The highest BCUT2D eigenvalue weighted by atomic mass is 35.5. The Hall–Kier alpha value is -4.07. The number of H-pyrrole nitrogens is 1. The summed E-state index contributed by atoms with van der Waals surface area (Å²) >= 11 is 12.8. The lowest BCUT2D eigenvalue weighted by atomic mass is 10.2. The van der Waals surface area contributed by atoms with Crippen LogP contribution in [0, 0.1) is 0 Å². The van der Waals surface area contributed by atoms with Gasteiger partial charge in [-0.05, 0) is 48.4 Å². The van der Waals surface area contributed by atoms with Crippen LogP contribution < -0.4 is 30.2 Å². The lowest BCUT2D eigenvalue weighted by Crippen LogP contribution is -2.37. The number of hydrogen-bond donors (Lipinski definition) is 2. The molecule has 20 heteroatoms. The second-order valence-corrected chi connectivity index (χ2v) is 15.2. The topological polar surface area (TPSA) is 179 Å². The number of nitrogens with zero attached hydrogens (tertiary/aromatic N) is 3. The van der Waals surface area contributed by atoms with Gasteiger partial charge in [0.15, 0.2) is 11.4 Å². The Morgan fingerprint density at radius 2 is 1.67 bits per heavy atom. The van der Waals surface area contributed by atoms with Crippen molar-refractivity contribution < 1.29 is 39.8 Å². The zero-order valence-electron chi connectivity index (χ0n) is 25.5. The van der Waals surface area contributed by atoms with Crippen LogP contribution in [-0.4, -0.2) is 68.4 Å². The van der Waals surface area contributed by atoms with E-state index in [1.165, 1.54) is 25.3 Å². The van der Waals surface area contributed by atoms with E-state index in [4.69, 9.17) is 37.4 Å². The predicted octanol–water partition coefficient (Wildman–Crippen LogP) is 3.86. The van der Waals surface area contributed by atoms with E-state index in [0.29, 0.717) is 16.0 Å². The fourth-order valence-corrected chi connectivity index (χ4v) is 7.85. The molecule has 262 valence electrons. The lowest BCUT2D eigenvalue weighted by Gasteiger charge is -2.20. The van der Waals surface area contributed by atoms with Gasteiger partial charge in [-0.25, -0.2) is 35.1 Å². The van der Waals surface area contributed by atoms with Crippen molar-refractivity contribution in [2.24, 2.45) is 0 Å². The molecule has 0 radical (unpaired) electrons. The Labute approximate surface area is 288 Å². The van der Waals surface area contributed by atoms with Crippen molar-refractivity contribution in [3.05, 3.63) is 96.7 Å². The van der Waals surface area contributed by atoms with Crippen LogP contribution in [0.15, 0.2) is 69.1 Å². The van der Waals surface area contributed by atoms with Crippen molar-refractivity contribution in [1.29, 1.82) is 0 Å². The SMILES string of the molecule is COc1ccc(COc2ccc(Oc3c(Cl)cc(-n4nc(C(F)F)c(=O)[nH]c4=O)cc3Cl)cc2S(=O)(=O)N2CC[C@H](NS(C)(=O)=O)C2)cc1. The van der Waals surface area contributed by atoms with Gasteiger partial charge in [0.05, 0.1) is 29.1 Å². The maximum Gasteiger partial charge on any atom is 0.349 e. The largest absolute Gasteiger partial charge is 0.497 e. The minimum absolute atomic E-state index is 0.0169. The summed E-state index contributed by atoms with van der Waals surface area (Å²) in [6, 6.07) is 12.4. The van der Waals surface area contributed by atoms with E-state index in [2.05, 4.69) is 9.82 Å². The molecule has 0 amide bonds. The summed E-state index contributed by atoms with van der Waals surface area (Å²) in [4.78, 5) is 25.5. The van der Waals surface area contributed by atoms with E-state index in [1.807, 2.05) is 0 Å². The van der Waals surface area contributed by atoms with E-state index >= 15 is 0 Å². The normalized spacial score (nSPS) is 15.4. The number of sulfonamides is 2. The zero-order chi connectivity index (χ0) is 35.7. The number of rotatable bonds is 12. The highest BCUT2D eigenvalue weighted by Gasteiger charge is 2.36. The predicted molar refractivity (Wildman–Crippen MR) is 174 cm³/mol. The van der Waals surface area contributed by atoms with E-state index < -0.39 is 49.5 Å². The maximum atomic E-state index is 14.0. The third-order valence-electron chi connectivity index (χ3n) is 7.13. The average Bonchev–Trinajstić information content (AvgIpc) is 3.50. The molecule has 1 saturated heterocycles. The molecule has 0 bridgehead atoms. The minimum Gasteiger partial charge on any atom is -0.497 e. The molecule has 2 N–H and O–H groups in total. The summed E-state index contributed by atoms with van der Waals surface area (Å²) in [6.07, 6.45) is -2.07. The van der Waals surface area contributed by atoms with Crippen molar-refractivity contribution in [3.8, 4) is 28.7 Å². The Bertz CT molecular complexity index is 2200. The first-order valence-electron chi connectivity index (χ1n) is 14.1. The van der Waals surface area contributed by atoms with E-state index in [0.717, 1.165) is 22.7 Å². The first-order chi connectivity index (χ1) is 23.0. The third kappa shape index (κ3) is 8.39. The number of hydrogen-bond acceptors (Lipinski definition) is 10. The number of halogens is 4. The van der Waals surface area contributed by atoms with Gasteiger partial charge in [-0.3, -0.25) is 9.78 Å². The van der Waals surface area contributed by atoms with Crippen molar-refractivity contribution in [2.45, 2.75) is 30.4 Å². The van der Waals surface area contributed by atoms with E-state index in [-0.39, 0.29) is 64.0 Å². The molecule has 14 nitrogen and oxygen atoms in total. The molecule has 0 saturated carbocycles. The van der Waals surface area contributed by atoms with Gasteiger partial charge in [0.25, 0.3) is 12.0 Å². The quantitative estimate of drug-likeness (QED) is 0.215. The summed E-state index contributed by atoms with van der Waals surface area (Å²) in [5, 5.41) is 2.97. The van der Waals surface area contributed by atoms with Gasteiger partial charge in [0.2, 0.25) is 20.0 Å². The van der Waals surface area contributed by atoms with Crippen LogP contribution in [0.1, 0.15) is 24.1 Å². The standard InChI is InChI=1S/C29H27Cl2F2N5O9S2/c1-45-19-5-3-16(4-6-19)15-46-23-8-7-20(13-24(23)49(43,44)37-10-9-17(14-37)36-48(2,41)42)47-26-21(30)11-18(12-22(26)31)38-29(40)34-28(39)25(35-38)27(32)33/h3-8,11-13,17,27,36H,9-10,14-15H2,1-2H3,(H,34,39,40)/t17-/m0/s1. The van der Waals surface area contributed by atoms with Crippen LogP contribution in [-0.2, 0) is 26.7 Å². The summed E-state index contributed by atoms with van der Waals surface area (Å²) in [6.45, 7) is -0.137. The Balaban J connectivity index is 1.49. The van der Waals surface area contributed by atoms with Gasteiger partial charge in [-0.15, -0.1) is 0 Å². The molecule has 3 aromatic carbocycles. The van der Waals surface area contributed by atoms with Gasteiger partial charge in [-0.1, -0.05) is 35.3 Å². The van der Waals surface area contributed by atoms with Gasteiger partial charge < -0.3 is 14.2 Å². The number of aromatic amines is 1. The fourth-order valence-electron chi connectivity index (χ4n) is 4.85. The van der Waals surface area contributed by atoms with Crippen LogP contribution in [0.3, 0.4) is 0 Å². The Kier molecular flexibility index (Phi) is 10.7. The number of methoxy groups -OCH3 is 1. The zero-order valence-corrected chi connectivity index (χ0v) is 28.7. The van der Waals surface area contributed by atoms with Gasteiger partial charge >= 0.3 is 5.69 Å². The van der Waals surface area contributed by atoms with E-state index in [1.54, 1.807) is 29.2 Å². The number of alkyl halides is 2. The molecular weight excluding hydrogens is 735 g/mol. The molecular formula is C29H27Cl2F2N5O9S2. The average molecular weight is 763 g/mol. The molecule has 5 rings (SSSR count). The van der Waals surface area contributed by atoms with Gasteiger partial charge in [0, 0.05) is 25.2 Å². The molecule has 2 heterocycles. The van der Waals surface area contributed by atoms with Gasteiger partial charge in [0.1, 0.15) is 28.8 Å². The van der Waals surface area contributed by atoms with Crippen LogP contribution in [0.2, 0.25) is 10.0 Å².